The molecule has 2 nitrogen and oxygen atoms in total. The molecular formula is C12H13BrO2. The van der Waals surface area contributed by atoms with E-state index in [0.29, 0.717) is 6.61 Å². The molecule has 0 aliphatic rings. The SMILES string of the molecule is CC(C)OCc1coc2cccc(Br)c12. The largest absolute Gasteiger partial charge is 0.464 e. The third-order valence-corrected chi connectivity index (χ3v) is 2.86. The molecule has 2 rings (SSSR count). The zero-order valence-electron chi connectivity index (χ0n) is 8.79. The molecule has 3 heteroatoms. The second kappa shape index (κ2) is 4.37. The van der Waals surface area contributed by atoms with Crippen LogP contribution in [0.15, 0.2) is 33.4 Å². The third kappa shape index (κ3) is 2.24. The number of hydrogen-bond acceptors (Lipinski definition) is 2. The quantitative estimate of drug-likeness (QED) is 0.836. The lowest BCUT2D eigenvalue weighted by molar-refractivity contribution is 0.0660. The van der Waals surface area contributed by atoms with Gasteiger partial charge in [-0.3, -0.25) is 0 Å². The minimum Gasteiger partial charge on any atom is -0.464 e. The lowest BCUT2D eigenvalue weighted by atomic mass is 10.2. The van der Waals surface area contributed by atoms with E-state index in [-0.39, 0.29) is 6.10 Å². The van der Waals surface area contributed by atoms with Gasteiger partial charge in [0.05, 0.1) is 19.0 Å². The number of hydrogen-bond donors (Lipinski definition) is 0. The number of benzene rings is 1. The van der Waals surface area contributed by atoms with E-state index in [0.717, 1.165) is 21.0 Å². The van der Waals surface area contributed by atoms with Gasteiger partial charge in [0.25, 0.3) is 0 Å². The van der Waals surface area contributed by atoms with Crippen LogP contribution in [0.5, 0.6) is 0 Å². The maximum Gasteiger partial charge on any atom is 0.135 e. The van der Waals surface area contributed by atoms with Crippen molar-refractivity contribution in [2.24, 2.45) is 0 Å². The van der Waals surface area contributed by atoms with Gasteiger partial charge in [-0.25, -0.2) is 0 Å². The Bertz CT molecular complexity index is 460. The monoisotopic (exact) mass is 268 g/mol. The zero-order valence-corrected chi connectivity index (χ0v) is 10.4. The predicted molar refractivity (Wildman–Crippen MR) is 63.8 cm³/mol. The molecule has 0 aliphatic heterocycles. The van der Waals surface area contributed by atoms with Crippen LogP contribution in [0.25, 0.3) is 11.0 Å². The van der Waals surface area contributed by atoms with E-state index in [4.69, 9.17) is 9.15 Å². The maximum atomic E-state index is 5.57. The molecule has 0 bridgehead atoms. The summed E-state index contributed by atoms with van der Waals surface area (Å²) < 4.78 is 12.1. The van der Waals surface area contributed by atoms with Crippen molar-refractivity contribution in [3.63, 3.8) is 0 Å². The molecule has 0 spiro atoms. The molecule has 0 aliphatic carbocycles. The van der Waals surface area contributed by atoms with E-state index >= 15 is 0 Å². The summed E-state index contributed by atoms with van der Waals surface area (Å²) in [7, 11) is 0. The standard InChI is InChI=1S/C12H13BrO2/c1-8(2)14-6-9-7-15-11-5-3-4-10(13)12(9)11/h3-5,7-8H,6H2,1-2H3. The van der Waals surface area contributed by atoms with Gasteiger partial charge in [-0.05, 0) is 26.0 Å². The summed E-state index contributed by atoms with van der Waals surface area (Å²) in [5, 5.41) is 1.11. The molecule has 1 heterocycles. The average Bonchev–Trinajstić information content (AvgIpc) is 2.59. The Morgan fingerprint density at radius 1 is 1.40 bits per heavy atom. The van der Waals surface area contributed by atoms with E-state index in [1.165, 1.54) is 0 Å². The first-order chi connectivity index (χ1) is 7.18. The fourth-order valence-corrected chi connectivity index (χ4v) is 2.07. The predicted octanol–water partition coefficient (Wildman–Crippen LogP) is 4.12. The van der Waals surface area contributed by atoms with Gasteiger partial charge in [-0.2, -0.15) is 0 Å². The summed E-state index contributed by atoms with van der Waals surface area (Å²) in [5.74, 6) is 0. The van der Waals surface area contributed by atoms with E-state index in [1.807, 2.05) is 32.0 Å². The van der Waals surface area contributed by atoms with Crippen LogP contribution in [0.1, 0.15) is 19.4 Å². The number of furan rings is 1. The lowest BCUT2D eigenvalue weighted by Crippen LogP contribution is -2.01. The highest BCUT2D eigenvalue weighted by Gasteiger charge is 2.09. The summed E-state index contributed by atoms with van der Waals surface area (Å²) in [6.07, 6.45) is 2.00. The highest BCUT2D eigenvalue weighted by molar-refractivity contribution is 9.10. The van der Waals surface area contributed by atoms with Crippen LogP contribution < -0.4 is 0 Å². The zero-order chi connectivity index (χ0) is 10.8. The van der Waals surface area contributed by atoms with Gasteiger partial charge >= 0.3 is 0 Å². The van der Waals surface area contributed by atoms with Crippen molar-refractivity contribution < 1.29 is 9.15 Å². The Labute approximate surface area is 97.3 Å². The second-order valence-electron chi connectivity index (χ2n) is 3.73. The molecular weight excluding hydrogens is 256 g/mol. The third-order valence-electron chi connectivity index (χ3n) is 2.20. The summed E-state index contributed by atoms with van der Waals surface area (Å²) in [5.41, 5.74) is 1.98. The maximum absolute atomic E-state index is 5.57. The Balaban J connectivity index is 2.35. The first-order valence-electron chi connectivity index (χ1n) is 4.94. The van der Waals surface area contributed by atoms with Crippen LogP contribution in [0.3, 0.4) is 0 Å². The van der Waals surface area contributed by atoms with Crippen molar-refractivity contribution in [3.05, 3.63) is 34.5 Å². The van der Waals surface area contributed by atoms with Crippen molar-refractivity contribution >= 4 is 26.9 Å². The summed E-state index contributed by atoms with van der Waals surface area (Å²) >= 11 is 3.52. The molecule has 15 heavy (non-hydrogen) atoms. The molecule has 0 unspecified atom stereocenters. The molecule has 0 radical (unpaired) electrons. The van der Waals surface area contributed by atoms with Gasteiger partial charge < -0.3 is 9.15 Å². The Morgan fingerprint density at radius 3 is 2.93 bits per heavy atom. The second-order valence-corrected chi connectivity index (χ2v) is 4.59. The van der Waals surface area contributed by atoms with Gasteiger partial charge in [0.15, 0.2) is 0 Å². The highest BCUT2D eigenvalue weighted by atomic mass is 79.9. The first-order valence-corrected chi connectivity index (χ1v) is 5.74. The fraction of sp³-hybridized carbons (Fsp3) is 0.333. The van der Waals surface area contributed by atoms with Crippen LogP contribution >= 0.6 is 15.9 Å². The van der Waals surface area contributed by atoms with Gasteiger partial charge in [0.1, 0.15) is 5.58 Å². The minimum absolute atomic E-state index is 0.234. The van der Waals surface area contributed by atoms with Gasteiger partial charge in [0, 0.05) is 15.4 Å². The molecule has 0 N–H and O–H groups in total. The molecule has 0 amide bonds. The van der Waals surface area contributed by atoms with Crippen LogP contribution in [0, 0.1) is 0 Å². The Morgan fingerprint density at radius 2 is 2.20 bits per heavy atom. The normalized spacial score (nSPS) is 11.5. The summed E-state index contributed by atoms with van der Waals surface area (Å²) in [4.78, 5) is 0. The molecule has 1 aromatic heterocycles. The van der Waals surface area contributed by atoms with Gasteiger partial charge in [-0.15, -0.1) is 0 Å². The summed E-state index contributed by atoms with van der Waals surface area (Å²) in [6.45, 7) is 4.64. The van der Waals surface area contributed by atoms with Crippen molar-refractivity contribution in [1.82, 2.24) is 0 Å². The van der Waals surface area contributed by atoms with Crippen molar-refractivity contribution in [1.29, 1.82) is 0 Å². The van der Waals surface area contributed by atoms with E-state index < -0.39 is 0 Å². The molecule has 2 aromatic rings. The number of ether oxygens (including phenoxy) is 1. The van der Waals surface area contributed by atoms with Crippen LogP contribution in [-0.2, 0) is 11.3 Å². The topological polar surface area (TPSA) is 22.4 Å². The van der Waals surface area contributed by atoms with Crippen molar-refractivity contribution in [2.75, 3.05) is 0 Å². The van der Waals surface area contributed by atoms with E-state index in [2.05, 4.69) is 15.9 Å². The van der Waals surface area contributed by atoms with Gasteiger partial charge in [-0.1, -0.05) is 22.0 Å². The minimum atomic E-state index is 0.234. The summed E-state index contributed by atoms with van der Waals surface area (Å²) in [6, 6.07) is 5.93. The van der Waals surface area contributed by atoms with E-state index in [9.17, 15) is 0 Å². The van der Waals surface area contributed by atoms with Crippen LogP contribution in [0.4, 0.5) is 0 Å². The fourth-order valence-electron chi connectivity index (χ4n) is 1.47. The molecule has 0 saturated heterocycles. The molecule has 0 atom stereocenters. The van der Waals surface area contributed by atoms with Crippen molar-refractivity contribution in [3.8, 4) is 0 Å². The molecule has 1 aromatic carbocycles. The van der Waals surface area contributed by atoms with Gasteiger partial charge in [0.2, 0.25) is 0 Å². The molecule has 0 saturated carbocycles. The average molecular weight is 269 g/mol. The number of rotatable bonds is 3. The highest BCUT2D eigenvalue weighted by Crippen LogP contribution is 2.29. The van der Waals surface area contributed by atoms with E-state index in [1.54, 1.807) is 6.26 Å². The molecule has 0 fully saturated rings. The van der Waals surface area contributed by atoms with Crippen LogP contribution in [-0.4, -0.2) is 6.10 Å². The smallest absolute Gasteiger partial charge is 0.135 e. The first kappa shape index (κ1) is 10.7. The lowest BCUT2D eigenvalue weighted by Gasteiger charge is -2.05. The molecule has 80 valence electrons. The number of fused-ring (bicyclic) bond motifs is 1. The van der Waals surface area contributed by atoms with Crippen molar-refractivity contribution in [2.45, 2.75) is 26.6 Å². The number of halogens is 1. The Hall–Kier alpha value is -0.800. The Kier molecular flexibility index (Phi) is 3.12. The van der Waals surface area contributed by atoms with Crippen LogP contribution in [0.2, 0.25) is 0 Å².